The van der Waals surface area contributed by atoms with E-state index in [4.69, 9.17) is 10.1 Å². The lowest BCUT2D eigenvalue weighted by Gasteiger charge is -2.36. The van der Waals surface area contributed by atoms with Crippen LogP contribution < -0.4 is 4.74 Å². The number of thiazole rings is 1. The van der Waals surface area contributed by atoms with Crippen molar-refractivity contribution in [2.24, 2.45) is 0 Å². The third-order valence-corrected chi connectivity index (χ3v) is 5.83. The molecule has 0 saturated carbocycles. The van der Waals surface area contributed by atoms with Gasteiger partial charge >= 0.3 is 0 Å². The fourth-order valence-electron chi connectivity index (χ4n) is 3.43. The van der Waals surface area contributed by atoms with Crippen molar-refractivity contribution in [3.05, 3.63) is 46.5 Å². The third kappa shape index (κ3) is 5.13. The normalized spacial score (nSPS) is 16.1. The summed E-state index contributed by atoms with van der Waals surface area (Å²) in [5.74, 6) is 0. The monoisotopic (exact) mass is 372 g/mol. The van der Waals surface area contributed by atoms with Gasteiger partial charge in [-0.15, -0.1) is 0 Å². The van der Waals surface area contributed by atoms with Gasteiger partial charge in [-0.25, -0.2) is 4.98 Å². The van der Waals surface area contributed by atoms with Gasteiger partial charge in [0.15, 0.2) is 0 Å². The minimum Gasteiger partial charge on any atom is -0.470 e. The average molecular weight is 373 g/mol. The van der Waals surface area contributed by atoms with Gasteiger partial charge in [0.25, 0.3) is 5.19 Å². The van der Waals surface area contributed by atoms with Gasteiger partial charge in [-0.2, -0.15) is 0 Å². The van der Waals surface area contributed by atoms with Crippen LogP contribution in [0.3, 0.4) is 0 Å². The maximum atomic E-state index is 7.29. The maximum absolute atomic E-state index is 7.29. The van der Waals surface area contributed by atoms with Crippen LogP contribution in [-0.4, -0.2) is 53.8 Å². The second-order valence-corrected chi connectivity index (χ2v) is 7.91. The first-order valence-corrected chi connectivity index (χ1v) is 10.1. The zero-order valence-corrected chi connectivity index (χ0v) is 16.5. The Morgan fingerprint density at radius 1 is 1.31 bits per heavy atom. The number of rotatable bonds is 8. The number of nitrogens with one attached hydrogen (secondary N) is 1. The van der Waals surface area contributed by atoms with E-state index in [0.29, 0.717) is 12.6 Å². The molecule has 0 amide bonds. The van der Waals surface area contributed by atoms with E-state index in [1.54, 1.807) is 11.3 Å². The van der Waals surface area contributed by atoms with Crippen molar-refractivity contribution < 1.29 is 4.74 Å². The van der Waals surface area contributed by atoms with E-state index in [-0.39, 0.29) is 0 Å². The molecule has 2 aromatic rings. The molecule has 1 aliphatic rings. The molecule has 5 nitrogen and oxygen atoms in total. The fraction of sp³-hybridized carbons (Fsp3) is 0.500. The summed E-state index contributed by atoms with van der Waals surface area (Å²) >= 11 is 1.66. The molecule has 6 heteroatoms. The average Bonchev–Trinajstić information content (AvgIpc) is 3.10. The van der Waals surface area contributed by atoms with Gasteiger partial charge < -0.3 is 10.1 Å². The molecule has 0 aliphatic carbocycles. The Labute approximate surface area is 160 Å². The van der Waals surface area contributed by atoms with Crippen LogP contribution >= 0.6 is 11.3 Å². The number of hydrogen-bond donors (Lipinski definition) is 1. The summed E-state index contributed by atoms with van der Waals surface area (Å²) in [6.07, 6.45) is 5.74. The molecule has 1 aromatic heterocycles. The van der Waals surface area contributed by atoms with E-state index in [0.717, 1.165) is 36.9 Å². The van der Waals surface area contributed by atoms with Crippen molar-refractivity contribution >= 4 is 17.6 Å². The summed E-state index contributed by atoms with van der Waals surface area (Å²) in [4.78, 5) is 10.6. The first-order valence-electron chi connectivity index (χ1n) is 9.27. The first kappa shape index (κ1) is 19.0. The lowest BCUT2D eigenvalue weighted by atomic mass is 10.0. The van der Waals surface area contributed by atoms with Crippen LogP contribution in [0.1, 0.15) is 35.8 Å². The molecular formula is C20H28N4OS. The molecule has 1 fully saturated rings. The SMILES string of the molecule is CCOc1ncc(CN2CCC(N(C)Cc3ccc(C=N)cc3)CC2)s1. The summed E-state index contributed by atoms with van der Waals surface area (Å²) < 4.78 is 5.47. The summed E-state index contributed by atoms with van der Waals surface area (Å²) in [7, 11) is 2.22. The van der Waals surface area contributed by atoms with Crippen molar-refractivity contribution in [2.45, 2.75) is 38.9 Å². The minimum absolute atomic E-state index is 0.633. The summed E-state index contributed by atoms with van der Waals surface area (Å²) in [5, 5.41) is 8.07. The predicted molar refractivity (Wildman–Crippen MR) is 107 cm³/mol. The van der Waals surface area contributed by atoms with Gasteiger partial charge in [-0.05, 0) is 37.9 Å². The van der Waals surface area contributed by atoms with Gasteiger partial charge in [0, 0.05) is 49.5 Å². The molecule has 0 spiro atoms. The van der Waals surface area contributed by atoms with E-state index in [1.807, 2.05) is 25.3 Å². The van der Waals surface area contributed by atoms with E-state index in [9.17, 15) is 0 Å². The van der Waals surface area contributed by atoms with Crippen molar-refractivity contribution in [1.82, 2.24) is 14.8 Å². The van der Waals surface area contributed by atoms with Gasteiger partial charge in [-0.3, -0.25) is 9.80 Å². The first-order chi connectivity index (χ1) is 12.7. The Kier molecular flexibility index (Phi) is 6.77. The molecule has 26 heavy (non-hydrogen) atoms. The highest BCUT2D eigenvalue weighted by atomic mass is 32.1. The highest BCUT2D eigenvalue weighted by Gasteiger charge is 2.23. The van der Waals surface area contributed by atoms with Crippen molar-refractivity contribution in [3.63, 3.8) is 0 Å². The smallest absolute Gasteiger partial charge is 0.273 e. The highest BCUT2D eigenvalue weighted by molar-refractivity contribution is 7.13. The number of ether oxygens (including phenoxy) is 1. The van der Waals surface area contributed by atoms with Crippen LogP contribution in [0.2, 0.25) is 0 Å². The molecule has 0 unspecified atom stereocenters. The van der Waals surface area contributed by atoms with Gasteiger partial charge in [0.05, 0.1) is 6.61 Å². The molecule has 140 valence electrons. The van der Waals surface area contributed by atoms with Crippen molar-refractivity contribution in [2.75, 3.05) is 26.7 Å². The van der Waals surface area contributed by atoms with E-state index in [2.05, 4.69) is 34.0 Å². The molecule has 3 rings (SSSR count). The Morgan fingerprint density at radius 2 is 2.04 bits per heavy atom. The summed E-state index contributed by atoms with van der Waals surface area (Å²) in [6, 6.07) is 8.93. The molecule has 0 atom stereocenters. The number of likely N-dealkylation sites (tertiary alicyclic amines) is 1. The lowest BCUT2D eigenvalue weighted by molar-refractivity contribution is 0.120. The van der Waals surface area contributed by atoms with Crippen LogP contribution in [0.15, 0.2) is 30.5 Å². The minimum atomic E-state index is 0.633. The molecule has 0 bridgehead atoms. The van der Waals surface area contributed by atoms with E-state index >= 15 is 0 Å². The Bertz CT molecular complexity index is 692. The molecule has 1 saturated heterocycles. The Hall–Kier alpha value is -1.76. The predicted octanol–water partition coefficient (Wildman–Crippen LogP) is 3.64. The Balaban J connectivity index is 1.45. The Morgan fingerprint density at radius 3 is 2.69 bits per heavy atom. The van der Waals surface area contributed by atoms with E-state index < -0.39 is 0 Å². The lowest BCUT2D eigenvalue weighted by Crippen LogP contribution is -2.42. The maximum Gasteiger partial charge on any atom is 0.273 e. The van der Waals surface area contributed by atoms with Gasteiger partial charge in [0.2, 0.25) is 0 Å². The van der Waals surface area contributed by atoms with Crippen LogP contribution in [0.5, 0.6) is 5.19 Å². The number of piperidine rings is 1. The molecule has 2 heterocycles. The quantitative estimate of drug-likeness (QED) is 0.719. The van der Waals surface area contributed by atoms with Crippen LogP contribution in [-0.2, 0) is 13.1 Å². The molecular weight excluding hydrogens is 344 g/mol. The summed E-state index contributed by atoms with van der Waals surface area (Å²) in [5.41, 5.74) is 2.27. The van der Waals surface area contributed by atoms with Crippen LogP contribution in [0, 0.1) is 5.41 Å². The third-order valence-electron chi connectivity index (χ3n) is 4.94. The van der Waals surface area contributed by atoms with Gasteiger partial charge in [-0.1, -0.05) is 35.6 Å². The number of aromatic nitrogens is 1. The second kappa shape index (κ2) is 9.26. The number of benzene rings is 1. The highest BCUT2D eigenvalue weighted by Crippen LogP contribution is 2.24. The van der Waals surface area contributed by atoms with Crippen LogP contribution in [0.4, 0.5) is 0 Å². The molecule has 0 radical (unpaired) electrons. The van der Waals surface area contributed by atoms with E-state index in [1.165, 1.54) is 29.5 Å². The molecule has 1 N–H and O–H groups in total. The second-order valence-electron chi connectivity index (χ2n) is 6.83. The van der Waals surface area contributed by atoms with Crippen LogP contribution in [0.25, 0.3) is 0 Å². The standard InChI is InChI=1S/C20H28N4OS/c1-3-25-20-22-13-19(26-20)15-24-10-8-18(9-11-24)23(2)14-17-6-4-16(12-21)5-7-17/h4-7,12-13,18,21H,3,8-11,14-15H2,1-2H3. The molecule has 1 aromatic carbocycles. The summed E-state index contributed by atoms with van der Waals surface area (Å²) in [6.45, 7) is 6.87. The number of hydrogen-bond acceptors (Lipinski definition) is 6. The van der Waals surface area contributed by atoms with Crippen molar-refractivity contribution in [3.8, 4) is 5.19 Å². The fourth-order valence-corrected chi connectivity index (χ4v) is 4.29. The number of nitrogens with zero attached hydrogens (tertiary/aromatic N) is 3. The zero-order valence-electron chi connectivity index (χ0n) is 15.6. The topological polar surface area (TPSA) is 52.5 Å². The zero-order chi connectivity index (χ0) is 18.4. The largest absolute Gasteiger partial charge is 0.470 e. The van der Waals surface area contributed by atoms with Gasteiger partial charge in [0.1, 0.15) is 0 Å². The van der Waals surface area contributed by atoms with Crippen molar-refractivity contribution in [1.29, 1.82) is 5.41 Å². The molecule has 1 aliphatic heterocycles.